The lowest BCUT2D eigenvalue weighted by Gasteiger charge is -2.17. The van der Waals surface area contributed by atoms with Gasteiger partial charge in [0.1, 0.15) is 12.2 Å². The first kappa shape index (κ1) is 11.5. The fourth-order valence-electron chi connectivity index (χ4n) is 1.47. The summed E-state index contributed by atoms with van der Waals surface area (Å²) in [4.78, 5) is 0. The zero-order chi connectivity index (χ0) is 11.7. The smallest absolute Gasteiger partial charge is 0.231 e. The molecule has 2 rings (SSSR count). The second kappa shape index (κ2) is 4.47. The van der Waals surface area contributed by atoms with E-state index in [0.29, 0.717) is 17.1 Å². The van der Waals surface area contributed by atoms with Crippen LogP contribution in [-0.4, -0.2) is 34.8 Å². The third kappa shape index (κ3) is 1.94. The van der Waals surface area contributed by atoms with Crippen LogP contribution in [0.25, 0.3) is 0 Å². The topological polar surface area (TPSA) is 79.2 Å². The van der Waals surface area contributed by atoms with E-state index in [2.05, 4.69) is 0 Å². The Morgan fingerprint density at radius 3 is 2.50 bits per heavy atom. The van der Waals surface area contributed by atoms with Crippen molar-refractivity contribution in [1.29, 1.82) is 0 Å². The van der Waals surface area contributed by atoms with Crippen molar-refractivity contribution in [3.63, 3.8) is 0 Å². The molecule has 0 saturated carbocycles. The molecule has 5 nitrogen and oxygen atoms in total. The molecule has 3 N–H and O–H groups in total. The highest BCUT2D eigenvalue weighted by molar-refractivity contribution is 6.31. The summed E-state index contributed by atoms with van der Waals surface area (Å²) in [6.45, 7) is -0.445. The lowest BCUT2D eigenvalue weighted by Crippen LogP contribution is -2.22. The Labute approximate surface area is 96.8 Å². The normalized spacial score (nSPS) is 17.2. The largest absolute Gasteiger partial charge is 0.454 e. The molecular formula is C10H11ClO5. The highest BCUT2D eigenvalue weighted by Gasteiger charge is 2.24. The number of benzene rings is 1. The highest BCUT2D eigenvalue weighted by atomic mass is 35.5. The van der Waals surface area contributed by atoms with E-state index in [1.54, 1.807) is 0 Å². The lowest BCUT2D eigenvalue weighted by atomic mass is 10.0. The van der Waals surface area contributed by atoms with Crippen LogP contribution in [0, 0.1) is 0 Å². The number of aliphatic hydroxyl groups excluding tert-OH is 3. The van der Waals surface area contributed by atoms with Crippen LogP contribution in [0.5, 0.6) is 11.5 Å². The summed E-state index contributed by atoms with van der Waals surface area (Å²) in [6, 6.07) is 3.00. The van der Waals surface area contributed by atoms with Crippen molar-refractivity contribution in [2.45, 2.75) is 12.2 Å². The van der Waals surface area contributed by atoms with Gasteiger partial charge in [-0.2, -0.15) is 0 Å². The molecule has 16 heavy (non-hydrogen) atoms. The van der Waals surface area contributed by atoms with Crippen LogP contribution in [0.2, 0.25) is 5.02 Å². The average Bonchev–Trinajstić information content (AvgIpc) is 2.72. The molecule has 0 bridgehead atoms. The summed E-state index contributed by atoms with van der Waals surface area (Å²) in [5, 5.41) is 28.0. The first-order valence-corrected chi connectivity index (χ1v) is 5.07. The maximum Gasteiger partial charge on any atom is 0.231 e. The minimum absolute atomic E-state index is 0.105. The van der Waals surface area contributed by atoms with E-state index < -0.39 is 18.8 Å². The molecule has 1 aliphatic heterocycles. The van der Waals surface area contributed by atoms with Crippen LogP contribution >= 0.6 is 11.6 Å². The van der Waals surface area contributed by atoms with E-state index in [1.165, 1.54) is 12.1 Å². The van der Waals surface area contributed by atoms with Gasteiger partial charge < -0.3 is 24.8 Å². The molecule has 0 amide bonds. The van der Waals surface area contributed by atoms with Crippen molar-refractivity contribution in [3.05, 3.63) is 22.7 Å². The van der Waals surface area contributed by atoms with Crippen LogP contribution in [0.15, 0.2) is 12.1 Å². The zero-order valence-electron chi connectivity index (χ0n) is 8.26. The van der Waals surface area contributed by atoms with Gasteiger partial charge in [-0.05, 0) is 6.07 Å². The molecule has 1 heterocycles. The molecule has 2 unspecified atom stereocenters. The zero-order valence-corrected chi connectivity index (χ0v) is 9.02. The number of rotatable bonds is 3. The SMILES string of the molecule is OCC(O)C(O)c1cc2c(cc1Cl)OCO2. The fraction of sp³-hybridized carbons (Fsp3) is 0.400. The van der Waals surface area contributed by atoms with Gasteiger partial charge in [0.2, 0.25) is 6.79 Å². The summed E-state index contributed by atoms with van der Waals surface area (Å²) in [7, 11) is 0. The maximum absolute atomic E-state index is 9.71. The Balaban J connectivity index is 2.34. The van der Waals surface area contributed by atoms with Crippen LogP contribution in [0.1, 0.15) is 11.7 Å². The first-order chi connectivity index (χ1) is 7.63. The van der Waals surface area contributed by atoms with Crippen molar-refractivity contribution in [1.82, 2.24) is 0 Å². The summed E-state index contributed by atoms with van der Waals surface area (Å²) in [5.74, 6) is 0.961. The van der Waals surface area contributed by atoms with Gasteiger partial charge in [-0.1, -0.05) is 11.6 Å². The molecule has 1 aromatic carbocycles. The number of aliphatic hydroxyl groups is 3. The van der Waals surface area contributed by atoms with Crippen LogP contribution in [0.3, 0.4) is 0 Å². The Morgan fingerprint density at radius 1 is 1.25 bits per heavy atom. The molecule has 0 fully saturated rings. The van der Waals surface area contributed by atoms with Crippen molar-refractivity contribution < 1.29 is 24.8 Å². The van der Waals surface area contributed by atoms with E-state index in [0.717, 1.165) is 0 Å². The third-order valence-corrected chi connectivity index (χ3v) is 2.69. The van der Waals surface area contributed by atoms with Crippen molar-refractivity contribution >= 4 is 11.6 Å². The average molecular weight is 247 g/mol. The molecule has 88 valence electrons. The molecule has 6 heteroatoms. The van der Waals surface area contributed by atoms with E-state index in [-0.39, 0.29) is 11.8 Å². The Bertz CT molecular complexity index is 395. The molecule has 0 radical (unpaired) electrons. The highest BCUT2D eigenvalue weighted by Crippen LogP contribution is 2.39. The summed E-state index contributed by atoms with van der Waals surface area (Å²) in [6.07, 6.45) is -2.54. The van der Waals surface area contributed by atoms with Crippen molar-refractivity contribution in [3.8, 4) is 11.5 Å². The molecule has 1 aliphatic rings. The molecule has 0 aliphatic carbocycles. The molecule has 2 atom stereocenters. The lowest BCUT2D eigenvalue weighted by molar-refractivity contribution is -0.0152. The maximum atomic E-state index is 9.71. The summed E-state index contributed by atoms with van der Waals surface area (Å²) < 4.78 is 10.2. The van der Waals surface area contributed by atoms with E-state index in [1.807, 2.05) is 0 Å². The molecule has 0 spiro atoms. The van der Waals surface area contributed by atoms with Crippen molar-refractivity contribution in [2.75, 3.05) is 13.4 Å². The van der Waals surface area contributed by atoms with E-state index in [4.69, 9.17) is 26.2 Å². The first-order valence-electron chi connectivity index (χ1n) is 4.69. The molecule has 0 aromatic heterocycles. The van der Waals surface area contributed by atoms with Gasteiger partial charge in [-0.15, -0.1) is 0 Å². The van der Waals surface area contributed by atoms with Gasteiger partial charge in [-0.25, -0.2) is 0 Å². The number of hydrogen-bond donors (Lipinski definition) is 3. The molecule has 0 saturated heterocycles. The van der Waals surface area contributed by atoms with Crippen LogP contribution in [0.4, 0.5) is 0 Å². The standard InChI is InChI=1S/C10H11ClO5/c11-6-2-9-8(15-4-16-9)1-5(6)10(14)7(13)3-12/h1-2,7,10,12-14H,3-4H2. The number of hydrogen-bond acceptors (Lipinski definition) is 5. The number of fused-ring (bicyclic) bond motifs is 1. The van der Waals surface area contributed by atoms with E-state index >= 15 is 0 Å². The monoisotopic (exact) mass is 246 g/mol. The molecular weight excluding hydrogens is 236 g/mol. The summed E-state index contributed by atoms with van der Waals surface area (Å²) >= 11 is 5.92. The van der Waals surface area contributed by atoms with Gasteiger partial charge in [0.15, 0.2) is 11.5 Å². The minimum atomic E-state index is -1.28. The quantitative estimate of drug-likeness (QED) is 0.722. The second-order valence-corrected chi connectivity index (χ2v) is 3.83. The predicted octanol–water partition coefficient (Wildman–Crippen LogP) is 0.455. The van der Waals surface area contributed by atoms with Gasteiger partial charge in [-0.3, -0.25) is 0 Å². The van der Waals surface area contributed by atoms with E-state index in [9.17, 15) is 10.2 Å². The van der Waals surface area contributed by atoms with Gasteiger partial charge in [0.05, 0.1) is 11.6 Å². The third-order valence-electron chi connectivity index (χ3n) is 2.36. The van der Waals surface area contributed by atoms with Gasteiger partial charge in [0.25, 0.3) is 0 Å². The predicted molar refractivity (Wildman–Crippen MR) is 55.6 cm³/mol. The van der Waals surface area contributed by atoms with Crippen LogP contribution in [-0.2, 0) is 0 Å². The number of ether oxygens (including phenoxy) is 2. The molecule has 1 aromatic rings. The second-order valence-electron chi connectivity index (χ2n) is 3.42. The van der Waals surface area contributed by atoms with Gasteiger partial charge >= 0.3 is 0 Å². The fourth-order valence-corrected chi connectivity index (χ4v) is 1.73. The minimum Gasteiger partial charge on any atom is -0.454 e. The Kier molecular flexibility index (Phi) is 3.20. The number of halogens is 1. The Hall–Kier alpha value is -1.01. The van der Waals surface area contributed by atoms with Crippen LogP contribution < -0.4 is 9.47 Å². The Morgan fingerprint density at radius 2 is 1.88 bits per heavy atom. The summed E-state index contributed by atoms with van der Waals surface area (Å²) in [5.41, 5.74) is 0.299. The van der Waals surface area contributed by atoms with Crippen molar-refractivity contribution in [2.24, 2.45) is 0 Å². The van der Waals surface area contributed by atoms with Gasteiger partial charge in [0, 0.05) is 11.6 Å².